The molecule has 0 aliphatic carbocycles. The number of urea groups is 1. The molecular formula is C18H29FN4O. The summed E-state index contributed by atoms with van der Waals surface area (Å²) < 4.78 is 13.3. The van der Waals surface area contributed by atoms with Crippen LogP contribution in [0.2, 0.25) is 0 Å². The van der Waals surface area contributed by atoms with Gasteiger partial charge in [0.05, 0.1) is 0 Å². The summed E-state index contributed by atoms with van der Waals surface area (Å²) in [6.45, 7) is 8.17. The van der Waals surface area contributed by atoms with Crippen LogP contribution >= 0.6 is 0 Å². The van der Waals surface area contributed by atoms with Crippen LogP contribution in [0.4, 0.5) is 14.9 Å². The lowest BCUT2D eigenvalue weighted by Crippen LogP contribution is -2.51. The highest BCUT2D eigenvalue weighted by Crippen LogP contribution is 2.24. The van der Waals surface area contributed by atoms with E-state index in [0.717, 1.165) is 50.3 Å². The number of nitrogens with one attached hydrogen (secondary N) is 2. The Balaban J connectivity index is 1.83. The molecule has 24 heavy (non-hydrogen) atoms. The van der Waals surface area contributed by atoms with Gasteiger partial charge in [-0.2, -0.15) is 0 Å². The first-order valence-electron chi connectivity index (χ1n) is 8.73. The fourth-order valence-corrected chi connectivity index (χ4v) is 3.04. The Bertz CT molecular complexity index is 552. The predicted molar refractivity (Wildman–Crippen MR) is 96.1 cm³/mol. The number of carbonyl (C=O) groups is 1. The van der Waals surface area contributed by atoms with Crippen molar-refractivity contribution in [2.45, 2.75) is 32.7 Å². The van der Waals surface area contributed by atoms with Crippen molar-refractivity contribution in [2.24, 2.45) is 0 Å². The Morgan fingerprint density at radius 3 is 2.96 bits per heavy atom. The number of likely N-dealkylation sites (N-methyl/N-ethyl adjacent to an activating group) is 1. The van der Waals surface area contributed by atoms with E-state index in [4.69, 9.17) is 0 Å². The number of hydrogen-bond acceptors (Lipinski definition) is 3. The number of carbonyl (C=O) groups excluding carboxylic acids is 1. The number of halogens is 1. The molecule has 1 aliphatic heterocycles. The van der Waals surface area contributed by atoms with Gasteiger partial charge < -0.3 is 20.4 Å². The summed E-state index contributed by atoms with van der Waals surface area (Å²) >= 11 is 0. The van der Waals surface area contributed by atoms with E-state index in [1.165, 1.54) is 6.07 Å². The predicted octanol–water partition coefficient (Wildman–Crippen LogP) is 2.35. The summed E-state index contributed by atoms with van der Waals surface area (Å²) in [4.78, 5) is 16.4. The van der Waals surface area contributed by atoms with Crippen molar-refractivity contribution in [2.75, 3.05) is 44.7 Å². The Labute approximate surface area is 144 Å². The third-order valence-electron chi connectivity index (χ3n) is 4.58. The lowest BCUT2D eigenvalue weighted by molar-refractivity contribution is 0.233. The number of benzene rings is 1. The van der Waals surface area contributed by atoms with Gasteiger partial charge >= 0.3 is 6.03 Å². The van der Waals surface area contributed by atoms with Crippen LogP contribution in [0.5, 0.6) is 0 Å². The molecule has 134 valence electrons. The molecule has 2 rings (SSSR count). The molecule has 1 unspecified atom stereocenters. The summed E-state index contributed by atoms with van der Waals surface area (Å²) in [5.74, 6) is -0.209. The van der Waals surface area contributed by atoms with E-state index in [2.05, 4.69) is 27.4 Å². The van der Waals surface area contributed by atoms with E-state index in [-0.39, 0.29) is 17.9 Å². The SMILES string of the molecule is CCN(C)CCNC(=O)NC1CCCN(c2ccc(F)cc2C)C1. The van der Waals surface area contributed by atoms with Crippen LogP contribution in [-0.2, 0) is 0 Å². The first-order chi connectivity index (χ1) is 11.5. The van der Waals surface area contributed by atoms with Crippen molar-refractivity contribution in [3.05, 3.63) is 29.6 Å². The zero-order valence-corrected chi connectivity index (χ0v) is 14.9. The zero-order valence-electron chi connectivity index (χ0n) is 14.9. The maximum absolute atomic E-state index is 13.3. The Hall–Kier alpha value is -1.82. The minimum absolute atomic E-state index is 0.109. The molecule has 1 heterocycles. The molecule has 0 aromatic heterocycles. The van der Waals surface area contributed by atoms with Gasteiger partial charge in [0.15, 0.2) is 0 Å². The van der Waals surface area contributed by atoms with E-state index in [1.807, 2.05) is 20.0 Å². The summed E-state index contributed by atoms with van der Waals surface area (Å²) in [5.41, 5.74) is 1.98. The molecule has 1 aromatic carbocycles. The standard InChI is InChI=1S/C18H29FN4O/c1-4-22(3)11-9-20-18(24)21-16-6-5-10-23(13-16)17-8-7-15(19)12-14(17)2/h7-8,12,16H,4-6,9-11,13H2,1-3H3,(H2,20,21,24). The van der Waals surface area contributed by atoms with Gasteiger partial charge in [0.1, 0.15) is 5.82 Å². The third kappa shape index (κ3) is 5.37. The fraction of sp³-hybridized carbons (Fsp3) is 0.611. The zero-order chi connectivity index (χ0) is 17.5. The van der Waals surface area contributed by atoms with Crippen LogP contribution in [-0.4, -0.2) is 56.7 Å². The molecule has 1 atom stereocenters. The highest BCUT2D eigenvalue weighted by molar-refractivity contribution is 5.74. The summed E-state index contributed by atoms with van der Waals surface area (Å²) in [5, 5.41) is 5.97. The van der Waals surface area contributed by atoms with Crippen molar-refractivity contribution in [1.29, 1.82) is 0 Å². The van der Waals surface area contributed by atoms with E-state index < -0.39 is 0 Å². The second-order valence-electron chi connectivity index (χ2n) is 6.51. The van der Waals surface area contributed by atoms with Crippen LogP contribution in [0.1, 0.15) is 25.3 Å². The summed E-state index contributed by atoms with van der Waals surface area (Å²) in [7, 11) is 2.03. The normalized spacial score (nSPS) is 17.9. The van der Waals surface area contributed by atoms with Crippen LogP contribution in [0.15, 0.2) is 18.2 Å². The molecular weight excluding hydrogens is 307 g/mol. The summed E-state index contributed by atoms with van der Waals surface area (Å²) in [6, 6.07) is 4.89. The number of hydrogen-bond donors (Lipinski definition) is 2. The minimum Gasteiger partial charge on any atom is -0.369 e. The molecule has 2 N–H and O–H groups in total. The van der Waals surface area contributed by atoms with Gasteiger partial charge in [-0.1, -0.05) is 6.92 Å². The molecule has 0 bridgehead atoms. The minimum atomic E-state index is -0.209. The average molecular weight is 336 g/mol. The van der Waals surface area contributed by atoms with Gasteiger partial charge in [-0.15, -0.1) is 0 Å². The molecule has 5 nitrogen and oxygen atoms in total. The number of nitrogens with zero attached hydrogens (tertiary/aromatic N) is 2. The van der Waals surface area contributed by atoms with Crippen LogP contribution in [0.3, 0.4) is 0 Å². The lowest BCUT2D eigenvalue weighted by atomic mass is 10.0. The van der Waals surface area contributed by atoms with E-state index in [1.54, 1.807) is 6.07 Å². The van der Waals surface area contributed by atoms with Gasteiger partial charge in [0.25, 0.3) is 0 Å². The monoisotopic (exact) mass is 336 g/mol. The van der Waals surface area contributed by atoms with Gasteiger partial charge in [-0.25, -0.2) is 9.18 Å². The maximum Gasteiger partial charge on any atom is 0.315 e. The smallest absolute Gasteiger partial charge is 0.315 e. The second kappa shape index (κ2) is 8.87. The highest BCUT2D eigenvalue weighted by Gasteiger charge is 2.22. The molecule has 1 fully saturated rings. The number of amides is 2. The number of piperidine rings is 1. The Morgan fingerprint density at radius 2 is 2.25 bits per heavy atom. The van der Waals surface area contributed by atoms with Gasteiger partial charge in [-0.05, 0) is 57.1 Å². The quantitative estimate of drug-likeness (QED) is 0.838. The average Bonchev–Trinajstić information content (AvgIpc) is 2.54. The van der Waals surface area contributed by atoms with Crippen molar-refractivity contribution in [1.82, 2.24) is 15.5 Å². The highest BCUT2D eigenvalue weighted by atomic mass is 19.1. The molecule has 0 radical (unpaired) electrons. The van der Waals surface area contributed by atoms with Crippen molar-refractivity contribution >= 4 is 11.7 Å². The Morgan fingerprint density at radius 1 is 1.46 bits per heavy atom. The first-order valence-corrected chi connectivity index (χ1v) is 8.73. The van der Waals surface area contributed by atoms with Crippen molar-refractivity contribution in [3.63, 3.8) is 0 Å². The topological polar surface area (TPSA) is 47.6 Å². The third-order valence-corrected chi connectivity index (χ3v) is 4.58. The lowest BCUT2D eigenvalue weighted by Gasteiger charge is -2.35. The Kier molecular flexibility index (Phi) is 6.85. The van der Waals surface area contributed by atoms with Gasteiger partial charge in [0, 0.05) is 37.9 Å². The largest absolute Gasteiger partial charge is 0.369 e. The molecule has 0 spiro atoms. The maximum atomic E-state index is 13.3. The number of anilines is 1. The first kappa shape index (κ1) is 18.5. The van der Waals surface area contributed by atoms with Crippen molar-refractivity contribution < 1.29 is 9.18 Å². The van der Waals surface area contributed by atoms with E-state index in [0.29, 0.717) is 6.54 Å². The second-order valence-corrected chi connectivity index (χ2v) is 6.51. The van der Waals surface area contributed by atoms with Crippen LogP contribution in [0.25, 0.3) is 0 Å². The number of aryl methyl sites for hydroxylation is 1. The molecule has 2 amide bonds. The van der Waals surface area contributed by atoms with Crippen LogP contribution < -0.4 is 15.5 Å². The molecule has 1 aromatic rings. The van der Waals surface area contributed by atoms with Crippen LogP contribution in [0, 0.1) is 12.7 Å². The molecule has 0 saturated carbocycles. The fourth-order valence-electron chi connectivity index (χ4n) is 3.04. The summed E-state index contributed by atoms with van der Waals surface area (Å²) in [6.07, 6.45) is 1.99. The van der Waals surface area contributed by atoms with E-state index in [9.17, 15) is 9.18 Å². The number of rotatable bonds is 6. The van der Waals surface area contributed by atoms with Gasteiger partial charge in [-0.3, -0.25) is 0 Å². The molecule has 1 saturated heterocycles. The molecule has 1 aliphatic rings. The van der Waals surface area contributed by atoms with E-state index >= 15 is 0 Å². The van der Waals surface area contributed by atoms with Crippen molar-refractivity contribution in [3.8, 4) is 0 Å². The molecule has 6 heteroatoms. The van der Waals surface area contributed by atoms with Gasteiger partial charge in [0.2, 0.25) is 0 Å².